The highest BCUT2D eigenvalue weighted by molar-refractivity contribution is 7.91. The van der Waals surface area contributed by atoms with E-state index >= 15 is 0 Å². The van der Waals surface area contributed by atoms with E-state index in [1.165, 1.54) is 18.2 Å². The summed E-state index contributed by atoms with van der Waals surface area (Å²) >= 11 is 6.12. The number of nitrogens with one attached hydrogen (secondary N) is 2. The molecule has 1 amide bonds. The van der Waals surface area contributed by atoms with Crippen LogP contribution in [0.5, 0.6) is 0 Å². The molecule has 1 aromatic heterocycles. The van der Waals surface area contributed by atoms with Gasteiger partial charge in [0.25, 0.3) is 5.91 Å². The standard InChI is InChI=1S/C23H19ClN2O4S/c24-16-11-12-19-18(13-16)22(31(29,30)17-9-5-2-6-10-17)21(25-19)23(28)26-20(14-27)15-7-3-1-4-8-15/h1-13,20,25,27H,14H2,(H,26,28)/t20-/m0/s1. The Bertz CT molecular complexity index is 1340. The first kappa shape index (κ1) is 21.1. The molecule has 158 valence electrons. The number of aliphatic hydroxyl groups is 1. The third-order valence-corrected chi connectivity index (χ3v) is 7.04. The Hall–Kier alpha value is -3.13. The number of aromatic amines is 1. The number of carbonyl (C=O) groups excluding carboxylic acids is 1. The van der Waals surface area contributed by atoms with Gasteiger partial charge in [-0.1, -0.05) is 60.1 Å². The number of benzene rings is 3. The van der Waals surface area contributed by atoms with Crippen molar-refractivity contribution in [1.29, 1.82) is 0 Å². The summed E-state index contributed by atoms with van der Waals surface area (Å²) in [6, 6.07) is 20.9. The van der Waals surface area contributed by atoms with Gasteiger partial charge in [-0.25, -0.2) is 8.42 Å². The van der Waals surface area contributed by atoms with Crippen molar-refractivity contribution in [1.82, 2.24) is 10.3 Å². The number of hydrogen-bond acceptors (Lipinski definition) is 4. The fourth-order valence-corrected chi connectivity index (χ4v) is 5.24. The molecule has 1 heterocycles. The second kappa shape index (κ2) is 8.55. The maximum absolute atomic E-state index is 13.5. The molecule has 31 heavy (non-hydrogen) atoms. The van der Waals surface area contributed by atoms with Crippen molar-refractivity contribution in [2.45, 2.75) is 15.8 Å². The highest BCUT2D eigenvalue weighted by atomic mass is 35.5. The van der Waals surface area contributed by atoms with Gasteiger partial charge in [0.05, 0.1) is 17.5 Å². The van der Waals surface area contributed by atoms with Crippen molar-refractivity contribution in [2.24, 2.45) is 0 Å². The second-order valence-corrected chi connectivity index (χ2v) is 9.28. The molecule has 0 aliphatic rings. The summed E-state index contributed by atoms with van der Waals surface area (Å²) in [5.41, 5.74) is 1.05. The van der Waals surface area contributed by atoms with Gasteiger partial charge in [-0.15, -0.1) is 0 Å². The molecule has 0 spiro atoms. The molecule has 0 aliphatic heterocycles. The molecule has 1 atom stereocenters. The molecule has 8 heteroatoms. The second-order valence-electron chi connectivity index (χ2n) is 6.95. The largest absolute Gasteiger partial charge is 0.394 e. The van der Waals surface area contributed by atoms with Crippen LogP contribution in [0.1, 0.15) is 22.1 Å². The first-order valence-corrected chi connectivity index (χ1v) is 11.4. The maximum atomic E-state index is 13.5. The number of halogens is 1. The summed E-state index contributed by atoms with van der Waals surface area (Å²) in [6.45, 7) is -0.345. The summed E-state index contributed by atoms with van der Waals surface area (Å²) in [5, 5.41) is 13.2. The molecule has 3 aromatic carbocycles. The molecule has 0 bridgehead atoms. The highest BCUT2D eigenvalue weighted by Gasteiger charge is 2.30. The van der Waals surface area contributed by atoms with Crippen molar-refractivity contribution in [2.75, 3.05) is 6.61 Å². The minimum atomic E-state index is -4.04. The number of amides is 1. The van der Waals surface area contributed by atoms with E-state index in [9.17, 15) is 18.3 Å². The number of carbonyl (C=O) groups is 1. The van der Waals surface area contributed by atoms with Crippen LogP contribution in [0.15, 0.2) is 88.7 Å². The molecule has 4 aromatic rings. The van der Waals surface area contributed by atoms with Gasteiger partial charge in [-0.3, -0.25) is 4.79 Å². The SMILES string of the molecule is O=C(N[C@@H](CO)c1ccccc1)c1[nH]c2ccc(Cl)cc2c1S(=O)(=O)c1ccccc1. The van der Waals surface area contributed by atoms with Crippen LogP contribution in [0.4, 0.5) is 0 Å². The van der Waals surface area contributed by atoms with E-state index in [0.717, 1.165) is 0 Å². The predicted molar refractivity (Wildman–Crippen MR) is 119 cm³/mol. The van der Waals surface area contributed by atoms with Gasteiger partial charge in [0, 0.05) is 15.9 Å². The average Bonchev–Trinajstić information content (AvgIpc) is 3.18. The molecule has 6 nitrogen and oxygen atoms in total. The zero-order valence-corrected chi connectivity index (χ0v) is 17.8. The van der Waals surface area contributed by atoms with Crippen molar-refractivity contribution >= 4 is 38.2 Å². The number of sulfone groups is 1. The van der Waals surface area contributed by atoms with Gasteiger partial charge in [-0.05, 0) is 35.9 Å². The molecule has 0 unspecified atom stereocenters. The third-order valence-electron chi connectivity index (χ3n) is 4.95. The number of fused-ring (bicyclic) bond motifs is 1. The Labute approximate surface area is 184 Å². The summed E-state index contributed by atoms with van der Waals surface area (Å²) in [7, 11) is -4.04. The van der Waals surface area contributed by atoms with E-state index < -0.39 is 21.8 Å². The third kappa shape index (κ3) is 4.07. The van der Waals surface area contributed by atoms with Crippen molar-refractivity contribution < 1.29 is 18.3 Å². The minimum absolute atomic E-state index is 0.0618. The lowest BCUT2D eigenvalue weighted by atomic mass is 10.1. The summed E-state index contributed by atoms with van der Waals surface area (Å²) in [4.78, 5) is 16.0. The summed E-state index contributed by atoms with van der Waals surface area (Å²) < 4.78 is 27.0. The molecule has 3 N–H and O–H groups in total. The quantitative estimate of drug-likeness (QED) is 0.408. The molecule has 0 saturated carbocycles. The van der Waals surface area contributed by atoms with Gasteiger partial charge in [0.15, 0.2) is 0 Å². The van der Waals surface area contributed by atoms with Crippen molar-refractivity contribution in [3.63, 3.8) is 0 Å². The van der Waals surface area contributed by atoms with Crippen LogP contribution >= 0.6 is 11.6 Å². The smallest absolute Gasteiger partial charge is 0.269 e. The maximum Gasteiger partial charge on any atom is 0.269 e. The zero-order valence-electron chi connectivity index (χ0n) is 16.2. The van der Waals surface area contributed by atoms with Crippen molar-refractivity contribution in [3.8, 4) is 0 Å². The van der Waals surface area contributed by atoms with Crippen LogP contribution < -0.4 is 5.32 Å². The highest BCUT2D eigenvalue weighted by Crippen LogP contribution is 2.33. The lowest BCUT2D eigenvalue weighted by Crippen LogP contribution is -2.32. The van der Waals surface area contributed by atoms with Crippen LogP contribution in [0.25, 0.3) is 10.9 Å². The Morgan fingerprint density at radius 1 is 1.00 bits per heavy atom. The molecular weight excluding hydrogens is 436 g/mol. The lowest BCUT2D eigenvalue weighted by Gasteiger charge is -2.17. The number of rotatable bonds is 6. The Morgan fingerprint density at radius 3 is 2.29 bits per heavy atom. The molecule has 0 saturated heterocycles. The van der Waals surface area contributed by atoms with Gasteiger partial charge < -0.3 is 15.4 Å². The Balaban J connectivity index is 1.85. The van der Waals surface area contributed by atoms with Gasteiger partial charge in [-0.2, -0.15) is 0 Å². The summed E-state index contributed by atoms with van der Waals surface area (Å²) in [5.74, 6) is -0.648. The fourth-order valence-electron chi connectivity index (χ4n) is 3.45. The van der Waals surface area contributed by atoms with Gasteiger partial charge in [0.2, 0.25) is 9.84 Å². The number of aliphatic hydroxyl groups excluding tert-OH is 1. The number of aromatic nitrogens is 1. The summed E-state index contributed by atoms with van der Waals surface area (Å²) in [6.07, 6.45) is 0. The molecule has 4 rings (SSSR count). The molecular formula is C23H19ClN2O4S. The van der Waals surface area contributed by atoms with Crippen LogP contribution in [0.2, 0.25) is 5.02 Å². The molecule has 0 fully saturated rings. The normalized spacial score (nSPS) is 12.6. The lowest BCUT2D eigenvalue weighted by molar-refractivity contribution is 0.0908. The Kier molecular flexibility index (Phi) is 5.82. The van der Waals surface area contributed by atoms with E-state index in [4.69, 9.17) is 11.6 Å². The average molecular weight is 455 g/mol. The van der Waals surface area contributed by atoms with Gasteiger partial charge in [0.1, 0.15) is 10.6 Å². The van der Waals surface area contributed by atoms with E-state index in [1.54, 1.807) is 54.6 Å². The molecule has 0 radical (unpaired) electrons. The van der Waals surface area contributed by atoms with Crippen molar-refractivity contribution in [3.05, 3.63) is 95.1 Å². The van der Waals surface area contributed by atoms with Gasteiger partial charge >= 0.3 is 0 Å². The molecule has 0 aliphatic carbocycles. The Morgan fingerprint density at radius 2 is 1.65 bits per heavy atom. The predicted octanol–water partition coefficient (Wildman–Crippen LogP) is 4.12. The van der Waals surface area contributed by atoms with Crippen LogP contribution in [0.3, 0.4) is 0 Å². The number of H-pyrrole nitrogens is 1. The minimum Gasteiger partial charge on any atom is -0.394 e. The zero-order chi connectivity index (χ0) is 22.0. The first-order valence-electron chi connectivity index (χ1n) is 9.50. The van der Waals surface area contributed by atoms with E-state index in [0.29, 0.717) is 21.5 Å². The van der Waals surface area contributed by atoms with E-state index in [1.807, 2.05) is 6.07 Å². The van der Waals surface area contributed by atoms with Crippen LogP contribution in [0, 0.1) is 0 Å². The topological polar surface area (TPSA) is 99.3 Å². The monoisotopic (exact) mass is 454 g/mol. The van der Waals surface area contributed by atoms with Crippen LogP contribution in [-0.4, -0.2) is 31.0 Å². The van der Waals surface area contributed by atoms with E-state index in [2.05, 4.69) is 10.3 Å². The first-order chi connectivity index (χ1) is 14.9. The fraction of sp³-hybridized carbons (Fsp3) is 0.0870. The number of hydrogen-bond donors (Lipinski definition) is 3. The van der Waals surface area contributed by atoms with E-state index in [-0.39, 0.29) is 22.1 Å². The van der Waals surface area contributed by atoms with Crippen LogP contribution in [-0.2, 0) is 9.84 Å².